The highest BCUT2D eigenvalue weighted by Crippen LogP contribution is 2.22. The smallest absolute Gasteiger partial charge is 0.265 e. The van der Waals surface area contributed by atoms with Crippen LogP contribution < -0.4 is 10.1 Å². The summed E-state index contributed by atoms with van der Waals surface area (Å²) in [5.74, 6) is 0.534. The number of anilines is 1. The summed E-state index contributed by atoms with van der Waals surface area (Å²) < 4.78 is 5.81. The molecule has 0 heterocycles. The van der Waals surface area contributed by atoms with Crippen LogP contribution in [0.3, 0.4) is 0 Å². The Bertz CT molecular complexity index is 886. The molecule has 0 aliphatic carbocycles. The predicted molar refractivity (Wildman–Crippen MR) is 98.6 cm³/mol. The van der Waals surface area contributed by atoms with Gasteiger partial charge in [0.2, 0.25) is 0 Å². The number of benzene rings is 3. The van der Waals surface area contributed by atoms with Gasteiger partial charge < -0.3 is 10.1 Å². The van der Waals surface area contributed by atoms with Gasteiger partial charge in [-0.25, -0.2) is 0 Å². The lowest BCUT2D eigenvalue weighted by Crippen LogP contribution is -2.30. The van der Waals surface area contributed by atoms with Gasteiger partial charge in [-0.15, -0.1) is 0 Å². The van der Waals surface area contributed by atoms with Crippen molar-refractivity contribution in [1.29, 1.82) is 0 Å². The van der Waals surface area contributed by atoms with Gasteiger partial charge in [0.05, 0.1) is 0 Å². The van der Waals surface area contributed by atoms with Crippen LogP contribution in [0.4, 0.5) is 5.69 Å². The van der Waals surface area contributed by atoms with E-state index < -0.39 is 6.10 Å². The van der Waals surface area contributed by atoms with Crippen LogP contribution in [-0.2, 0) is 4.79 Å². The van der Waals surface area contributed by atoms with Gasteiger partial charge in [-0.2, -0.15) is 0 Å². The average Bonchev–Trinajstić information content (AvgIpc) is 2.57. The van der Waals surface area contributed by atoms with Crippen molar-refractivity contribution in [3.05, 3.63) is 71.8 Å². The molecule has 3 heteroatoms. The minimum atomic E-state index is -0.577. The molecule has 1 unspecified atom stereocenters. The molecule has 0 saturated heterocycles. The number of rotatable bonds is 4. The Labute approximate surface area is 142 Å². The van der Waals surface area contributed by atoms with E-state index in [1.165, 1.54) is 5.56 Å². The Morgan fingerprint density at radius 1 is 0.958 bits per heavy atom. The first-order valence-electron chi connectivity index (χ1n) is 8.06. The van der Waals surface area contributed by atoms with Crippen LogP contribution in [-0.4, -0.2) is 12.0 Å². The van der Waals surface area contributed by atoms with Crippen molar-refractivity contribution in [2.75, 3.05) is 5.32 Å². The fourth-order valence-corrected chi connectivity index (χ4v) is 2.69. The van der Waals surface area contributed by atoms with E-state index in [1.807, 2.05) is 68.4 Å². The van der Waals surface area contributed by atoms with Gasteiger partial charge in [0.15, 0.2) is 6.10 Å². The van der Waals surface area contributed by atoms with Gasteiger partial charge in [0.1, 0.15) is 5.75 Å². The van der Waals surface area contributed by atoms with E-state index in [0.717, 1.165) is 22.0 Å². The highest BCUT2D eigenvalue weighted by atomic mass is 16.5. The first kappa shape index (κ1) is 16.1. The average molecular weight is 319 g/mol. The molecule has 0 radical (unpaired) electrons. The van der Waals surface area contributed by atoms with Gasteiger partial charge in [-0.1, -0.05) is 48.0 Å². The van der Waals surface area contributed by atoms with Crippen LogP contribution in [0.25, 0.3) is 10.8 Å². The highest BCUT2D eigenvalue weighted by molar-refractivity contribution is 5.95. The molecule has 3 aromatic carbocycles. The largest absolute Gasteiger partial charge is 0.481 e. The van der Waals surface area contributed by atoms with E-state index in [0.29, 0.717) is 5.75 Å². The van der Waals surface area contributed by atoms with E-state index in [2.05, 4.69) is 11.4 Å². The maximum Gasteiger partial charge on any atom is 0.265 e. The molecule has 24 heavy (non-hydrogen) atoms. The molecule has 0 aliphatic heterocycles. The van der Waals surface area contributed by atoms with Gasteiger partial charge in [-0.05, 0) is 55.3 Å². The van der Waals surface area contributed by atoms with Crippen molar-refractivity contribution in [2.45, 2.75) is 26.9 Å². The van der Waals surface area contributed by atoms with E-state index in [9.17, 15) is 4.79 Å². The summed E-state index contributed by atoms with van der Waals surface area (Å²) in [6.45, 7) is 5.77. The molecule has 122 valence electrons. The third-order valence-corrected chi connectivity index (χ3v) is 4.04. The molecule has 1 amide bonds. The highest BCUT2D eigenvalue weighted by Gasteiger charge is 2.16. The molecule has 3 aromatic rings. The molecule has 1 atom stereocenters. The monoisotopic (exact) mass is 319 g/mol. The SMILES string of the molecule is Cc1ccc(NC(=O)C(C)Oc2ccc3ccccc3c2)c(C)c1. The normalized spacial score (nSPS) is 12.0. The lowest BCUT2D eigenvalue weighted by molar-refractivity contribution is -0.122. The summed E-state index contributed by atoms with van der Waals surface area (Å²) in [6, 6.07) is 19.9. The standard InChI is InChI=1S/C21H21NO2/c1-14-8-11-20(15(2)12-14)22-21(23)16(3)24-19-10-9-17-6-4-5-7-18(17)13-19/h4-13,16H,1-3H3,(H,22,23). The molecule has 0 aromatic heterocycles. The van der Waals surface area contributed by atoms with Crippen LogP contribution in [0.5, 0.6) is 5.75 Å². The Morgan fingerprint density at radius 2 is 1.71 bits per heavy atom. The molecule has 0 aliphatic rings. The number of ether oxygens (including phenoxy) is 1. The van der Waals surface area contributed by atoms with Gasteiger partial charge >= 0.3 is 0 Å². The third kappa shape index (κ3) is 3.57. The summed E-state index contributed by atoms with van der Waals surface area (Å²) in [5.41, 5.74) is 3.03. The molecule has 0 saturated carbocycles. The molecule has 0 fully saturated rings. The molecule has 0 spiro atoms. The zero-order valence-electron chi connectivity index (χ0n) is 14.2. The van der Waals surface area contributed by atoms with Crippen molar-refractivity contribution < 1.29 is 9.53 Å². The van der Waals surface area contributed by atoms with Gasteiger partial charge in [0, 0.05) is 5.69 Å². The second-order valence-corrected chi connectivity index (χ2v) is 6.08. The van der Waals surface area contributed by atoms with Crippen molar-refractivity contribution >= 4 is 22.4 Å². The minimum absolute atomic E-state index is 0.157. The Hall–Kier alpha value is -2.81. The molecular weight excluding hydrogens is 298 g/mol. The zero-order chi connectivity index (χ0) is 17.1. The van der Waals surface area contributed by atoms with Crippen LogP contribution in [0.1, 0.15) is 18.1 Å². The number of aryl methyl sites for hydroxylation is 2. The molecule has 3 nitrogen and oxygen atoms in total. The van der Waals surface area contributed by atoms with Crippen molar-refractivity contribution in [1.82, 2.24) is 0 Å². The van der Waals surface area contributed by atoms with E-state index in [-0.39, 0.29) is 5.91 Å². The lowest BCUT2D eigenvalue weighted by atomic mass is 10.1. The maximum absolute atomic E-state index is 12.4. The van der Waals surface area contributed by atoms with Crippen LogP contribution in [0.15, 0.2) is 60.7 Å². The maximum atomic E-state index is 12.4. The van der Waals surface area contributed by atoms with Crippen molar-refractivity contribution in [2.24, 2.45) is 0 Å². The Balaban J connectivity index is 1.70. The zero-order valence-corrected chi connectivity index (χ0v) is 14.2. The molecular formula is C21H21NO2. The summed E-state index contributed by atoms with van der Waals surface area (Å²) >= 11 is 0. The van der Waals surface area contributed by atoms with Crippen LogP contribution in [0.2, 0.25) is 0 Å². The van der Waals surface area contributed by atoms with Crippen LogP contribution in [0, 0.1) is 13.8 Å². The van der Waals surface area contributed by atoms with Gasteiger partial charge in [0.25, 0.3) is 5.91 Å². The second-order valence-electron chi connectivity index (χ2n) is 6.08. The fraction of sp³-hybridized carbons (Fsp3) is 0.190. The third-order valence-electron chi connectivity index (χ3n) is 4.04. The number of fused-ring (bicyclic) bond motifs is 1. The topological polar surface area (TPSA) is 38.3 Å². The molecule has 0 bridgehead atoms. The van der Waals surface area contributed by atoms with E-state index in [1.54, 1.807) is 6.92 Å². The first-order chi connectivity index (χ1) is 11.5. The first-order valence-corrected chi connectivity index (χ1v) is 8.06. The Morgan fingerprint density at radius 3 is 2.46 bits per heavy atom. The number of hydrogen-bond acceptors (Lipinski definition) is 2. The Kier molecular flexibility index (Phi) is 4.52. The number of carbonyl (C=O) groups is 1. The van der Waals surface area contributed by atoms with Crippen molar-refractivity contribution in [3.63, 3.8) is 0 Å². The molecule has 3 rings (SSSR count). The summed E-state index contributed by atoms with van der Waals surface area (Å²) in [6.07, 6.45) is -0.577. The van der Waals surface area contributed by atoms with E-state index in [4.69, 9.17) is 4.74 Å². The molecule has 1 N–H and O–H groups in total. The number of carbonyl (C=O) groups excluding carboxylic acids is 1. The number of nitrogens with one attached hydrogen (secondary N) is 1. The minimum Gasteiger partial charge on any atom is -0.481 e. The summed E-state index contributed by atoms with van der Waals surface area (Å²) in [4.78, 5) is 12.4. The fourth-order valence-electron chi connectivity index (χ4n) is 2.69. The second kappa shape index (κ2) is 6.75. The summed E-state index contributed by atoms with van der Waals surface area (Å²) in [5, 5.41) is 5.18. The van der Waals surface area contributed by atoms with Gasteiger partial charge in [-0.3, -0.25) is 4.79 Å². The predicted octanol–water partition coefficient (Wildman–Crippen LogP) is 4.86. The van der Waals surface area contributed by atoms with Crippen molar-refractivity contribution in [3.8, 4) is 5.75 Å². The summed E-state index contributed by atoms with van der Waals surface area (Å²) in [7, 11) is 0. The van der Waals surface area contributed by atoms with Crippen LogP contribution >= 0.6 is 0 Å². The number of amides is 1. The number of hydrogen-bond donors (Lipinski definition) is 1. The lowest BCUT2D eigenvalue weighted by Gasteiger charge is -2.16. The quantitative estimate of drug-likeness (QED) is 0.745. The van der Waals surface area contributed by atoms with E-state index >= 15 is 0 Å².